The molecule has 0 aliphatic carbocycles. The highest BCUT2D eigenvalue weighted by Gasteiger charge is 2.19. The summed E-state index contributed by atoms with van der Waals surface area (Å²) in [4.78, 5) is 17.2. The topological polar surface area (TPSA) is 65.6 Å². The molecule has 0 bridgehead atoms. The standard InChI is InChI=1S/C25H27N5OS/c1-6-29-24(20-9-11-26-12-10-20)27-28-25(29)32-15-23(31)22-14-18(4)30(19(22)5)21-8-7-16(2)17(3)13-21/h7-14H,6,15H2,1-5H3. The molecule has 0 radical (unpaired) electrons. The van der Waals surface area contributed by atoms with Crippen molar-refractivity contribution in [1.29, 1.82) is 0 Å². The Bertz CT molecular complexity index is 1270. The number of carbonyl (C=O) groups excluding carboxylic acids is 1. The summed E-state index contributed by atoms with van der Waals surface area (Å²) in [7, 11) is 0. The van der Waals surface area contributed by atoms with Crippen molar-refractivity contribution >= 4 is 17.5 Å². The van der Waals surface area contributed by atoms with E-state index in [1.807, 2.05) is 36.6 Å². The SMILES string of the molecule is CCn1c(SCC(=O)c2cc(C)n(-c3ccc(C)c(C)c3)c2C)nnc1-c1ccncc1. The van der Waals surface area contributed by atoms with Gasteiger partial charge in [-0.2, -0.15) is 0 Å². The van der Waals surface area contributed by atoms with Gasteiger partial charge in [-0.25, -0.2) is 0 Å². The van der Waals surface area contributed by atoms with Crippen LogP contribution in [0.3, 0.4) is 0 Å². The third kappa shape index (κ3) is 4.12. The van der Waals surface area contributed by atoms with Gasteiger partial charge >= 0.3 is 0 Å². The van der Waals surface area contributed by atoms with Gasteiger partial charge in [0.1, 0.15) is 0 Å². The Morgan fingerprint density at radius 3 is 2.41 bits per heavy atom. The fourth-order valence-electron chi connectivity index (χ4n) is 3.91. The van der Waals surface area contributed by atoms with Gasteiger partial charge in [-0.15, -0.1) is 10.2 Å². The summed E-state index contributed by atoms with van der Waals surface area (Å²) in [6, 6.07) is 12.2. The number of aromatic nitrogens is 5. The van der Waals surface area contributed by atoms with E-state index in [4.69, 9.17) is 0 Å². The van der Waals surface area contributed by atoms with Crippen molar-refractivity contribution in [2.75, 3.05) is 5.75 Å². The Balaban J connectivity index is 1.56. The smallest absolute Gasteiger partial charge is 0.191 e. The van der Waals surface area contributed by atoms with Gasteiger partial charge < -0.3 is 9.13 Å². The normalized spacial score (nSPS) is 11.2. The van der Waals surface area contributed by atoms with Crippen LogP contribution in [0.1, 0.15) is 39.8 Å². The van der Waals surface area contributed by atoms with Gasteiger partial charge in [-0.1, -0.05) is 17.8 Å². The van der Waals surface area contributed by atoms with E-state index in [0.717, 1.165) is 45.7 Å². The number of nitrogens with zero attached hydrogens (tertiary/aromatic N) is 5. The van der Waals surface area contributed by atoms with Crippen molar-refractivity contribution in [1.82, 2.24) is 24.3 Å². The van der Waals surface area contributed by atoms with Gasteiger partial charge in [-0.05, 0) is 76.1 Å². The van der Waals surface area contributed by atoms with Crippen molar-refractivity contribution < 1.29 is 4.79 Å². The minimum absolute atomic E-state index is 0.0919. The predicted molar refractivity (Wildman–Crippen MR) is 129 cm³/mol. The predicted octanol–water partition coefficient (Wildman–Crippen LogP) is 5.36. The van der Waals surface area contributed by atoms with Crippen LogP contribution in [0.2, 0.25) is 0 Å². The van der Waals surface area contributed by atoms with Gasteiger partial charge in [0.15, 0.2) is 16.8 Å². The van der Waals surface area contributed by atoms with Crippen LogP contribution < -0.4 is 0 Å². The minimum atomic E-state index is 0.0919. The number of Topliss-reactive ketones (excluding diaryl/α,β-unsaturated/α-hetero) is 1. The first kappa shape index (κ1) is 22.0. The number of carbonyl (C=O) groups is 1. The number of pyridine rings is 1. The molecule has 0 unspecified atom stereocenters. The maximum atomic E-state index is 13.1. The van der Waals surface area contributed by atoms with Crippen molar-refractivity contribution in [3.63, 3.8) is 0 Å². The molecule has 0 atom stereocenters. The Labute approximate surface area is 192 Å². The van der Waals surface area contributed by atoms with Crippen LogP contribution in [0.25, 0.3) is 17.1 Å². The highest BCUT2D eigenvalue weighted by atomic mass is 32.2. The molecule has 0 saturated heterocycles. The fraction of sp³-hybridized carbons (Fsp3) is 0.280. The van der Waals surface area contributed by atoms with Crippen molar-refractivity contribution in [3.8, 4) is 17.1 Å². The second-order valence-corrected chi connectivity index (χ2v) is 8.83. The Hall–Kier alpha value is -3.19. The van der Waals surface area contributed by atoms with E-state index in [1.54, 1.807) is 12.4 Å². The van der Waals surface area contributed by atoms with Gasteiger partial charge in [0, 0.05) is 47.1 Å². The van der Waals surface area contributed by atoms with Crippen LogP contribution in [0.5, 0.6) is 0 Å². The zero-order chi connectivity index (χ0) is 22.8. The summed E-state index contributed by atoms with van der Waals surface area (Å²) in [5.74, 6) is 1.19. The molecule has 0 aliphatic heterocycles. The van der Waals surface area contributed by atoms with Crippen LogP contribution in [-0.4, -0.2) is 35.9 Å². The molecule has 0 aliphatic rings. The molecule has 4 aromatic rings. The lowest BCUT2D eigenvalue weighted by Crippen LogP contribution is -2.07. The molecule has 6 nitrogen and oxygen atoms in total. The average molecular weight is 446 g/mol. The molecule has 32 heavy (non-hydrogen) atoms. The number of aryl methyl sites for hydroxylation is 3. The number of hydrogen-bond acceptors (Lipinski definition) is 5. The number of rotatable bonds is 7. The van der Waals surface area contributed by atoms with E-state index < -0.39 is 0 Å². The zero-order valence-corrected chi connectivity index (χ0v) is 19.9. The Morgan fingerprint density at radius 1 is 0.969 bits per heavy atom. The number of hydrogen-bond donors (Lipinski definition) is 0. The van der Waals surface area contributed by atoms with Gasteiger partial charge in [-0.3, -0.25) is 9.78 Å². The number of thioether (sulfide) groups is 1. The lowest BCUT2D eigenvalue weighted by Gasteiger charge is -2.12. The summed E-state index contributed by atoms with van der Waals surface area (Å²) in [5.41, 5.74) is 7.32. The lowest BCUT2D eigenvalue weighted by atomic mass is 10.1. The summed E-state index contributed by atoms with van der Waals surface area (Å²) < 4.78 is 4.19. The van der Waals surface area contributed by atoms with Gasteiger partial charge in [0.2, 0.25) is 0 Å². The minimum Gasteiger partial charge on any atom is -0.318 e. The van der Waals surface area contributed by atoms with E-state index in [-0.39, 0.29) is 5.78 Å². The van der Waals surface area contributed by atoms with E-state index in [1.165, 1.54) is 22.9 Å². The Morgan fingerprint density at radius 2 is 1.72 bits per heavy atom. The highest BCUT2D eigenvalue weighted by Crippen LogP contribution is 2.27. The second kappa shape index (κ2) is 9.12. The van der Waals surface area contributed by atoms with E-state index in [2.05, 4.69) is 58.7 Å². The fourth-order valence-corrected chi connectivity index (χ4v) is 4.80. The molecule has 0 fully saturated rings. The molecule has 0 spiro atoms. The molecule has 3 heterocycles. The molecule has 0 saturated carbocycles. The van der Waals surface area contributed by atoms with Crippen LogP contribution in [0, 0.1) is 27.7 Å². The van der Waals surface area contributed by atoms with Crippen LogP contribution in [-0.2, 0) is 6.54 Å². The van der Waals surface area contributed by atoms with Gasteiger partial charge in [0.25, 0.3) is 0 Å². The van der Waals surface area contributed by atoms with Crippen molar-refractivity contribution in [2.24, 2.45) is 0 Å². The highest BCUT2D eigenvalue weighted by molar-refractivity contribution is 7.99. The van der Waals surface area contributed by atoms with Crippen LogP contribution >= 0.6 is 11.8 Å². The molecular formula is C25H27N5OS. The van der Waals surface area contributed by atoms with E-state index in [0.29, 0.717) is 5.75 Å². The van der Waals surface area contributed by atoms with E-state index in [9.17, 15) is 4.79 Å². The van der Waals surface area contributed by atoms with Gasteiger partial charge in [0.05, 0.1) is 5.75 Å². The van der Waals surface area contributed by atoms with E-state index >= 15 is 0 Å². The van der Waals surface area contributed by atoms with Crippen molar-refractivity contribution in [3.05, 3.63) is 76.9 Å². The first-order valence-corrected chi connectivity index (χ1v) is 11.7. The number of benzene rings is 1. The molecule has 164 valence electrons. The summed E-state index contributed by atoms with van der Waals surface area (Å²) in [6.07, 6.45) is 3.48. The van der Waals surface area contributed by atoms with Crippen LogP contribution in [0.4, 0.5) is 0 Å². The first-order chi connectivity index (χ1) is 15.4. The summed E-state index contributed by atoms with van der Waals surface area (Å²) >= 11 is 1.43. The molecule has 7 heteroatoms. The lowest BCUT2D eigenvalue weighted by molar-refractivity contribution is 0.102. The molecule has 4 rings (SSSR count). The van der Waals surface area contributed by atoms with Crippen molar-refractivity contribution in [2.45, 2.75) is 46.3 Å². The quantitative estimate of drug-likeness (QED) is 0.283. The molecule has 3 aromatic heterocycles. The first-order valence-electron chi connectivity index (χ1n) is 10.7. The molecule has 1 aromatic carbocycles. The summed E-state index contributed by atoms with van der Waals surface area (Å²) in [6.45, 7) is 11.0. The summed E-state index contributed by atoms with van der Waals surface area (Å²) in [5, 5.41) is 9.43. The second-order valence-electron chi connectivity index (χ2n) is 7.89. The monoisotopic (exact) mass is 445 g/mol. The molecule has 0 amide bonds. The largest absolute Gasteiger partial charge is 0.318 e. The number of ketones is 1. The third-order valence-corrected chi connectivity index (χ3v) is 6.75. The molecule has 0 N–H and O–H groups in total. The molecular weight excluding hydrogens is 418 g/mol. The maximum Gasteiger partial charge on any atom is 0.191 e. The third-order valence-electron chi connectivity index (χ3n) is 5.78. The Kier molecular flexibility index (Phi) is 6.28. The zero-order valence-electron chi connectivity index (χ0n) is 19.1. The average Bonchev–Trinajstić information content (AvgIpc) is 3.34. The maximum absolute atomic E-state index is 13.1. The van der Waals surface area contributed by atoms with Crippen LogP contribution in [0.15, 0.2) is 53.9 Å².